The molecular formula is C18H28ClN3O2S. The summed E-state index contributed by atoms with van der Waals surface area (Å²) in [6.45, 7) is 1.81. The van der Waals surface area contributed by atoms with Gasteiger partial charge in [-0.1, -0.05) is 30.3 Å². The summed E-state index contributed by atoms with van der Waals surface area (Å²) in [4.78, 5) is 24.8. The molecule has 0 radical (unpaired) electrons. The zero-order valence-electron chi connectivity index (χ0n) is 14.6. The molecule has 0 saturated carbocycles. The Kier molecular flexibility index (Phi) is 10.6. The summed E-state index contributed by atoms with van der Waals surface area (Å²) in [6.07, 6.45) is 5.01. The number of amides is 2. The first kappa shape index (κ1) is 21.8. The van der Waals surface area contributed by atoms with Crippen LogP contribution in [0.2, 0.25) is 0 Å². The van der Waals surface area contributed by atoms with Crippen LogP contribution in [-0.4, -0.2) is 49.0 Å². The average molecular weight is 386 g/mol. The van der Waals surface area contributed by atoms with Gasteiger partial charge in [0.15, 0.2) is 0 Å². The van der Waals surface area contributed by atoms with E-state index in [9.17, 15) is 9.59 Å². The summed E-state index contributed by atoms with van der Waals surface area (Å²) in [7, 11) is 0. The number of piperidine rings is 1. The van der Waals surface area contributed by atoms with Crippen molar-refractivity contribution in [1.82, 2.24) is 16.0 Å². The van der Waals surface area contributed by atoms with Gasteiger partial charge in [0.1, 0.15) is 6.04 Å². The van der Waals surface area contributed by atoms with Gasteiger partial charge in [0.25, 0.3) is 0 Å². The van der Waals surface area contributed by atoms with Crippen LogP contribution in [0.5, 0.6) is 0 Å². The van der Waals surface area contributed by atoms with E-state index < -0.39 is 6.04 Å². The number of carbonyl (C=O) groups is 2. The van der Waals surface area contributed by atoms with E-state index in [-0.39, 0.29) is 30.3 Å². The van der Waals surface area contributed by atoms with Crippen molar-refractivity contribution < 1.29 is 9.59 Å². The van der Waals surface area contributed by atoms with Gasteiger partial charge in [0.2, 0.25) is 11.8 Å². The molecule has 2 amide bonds. The predicted octanol–water partition coefficient (Wildman–Crippen LogP) is 1.76. The highest BCUT2D eigenvalue weighted by Crippen LogP contribution is 2.06. The maximum absolute atomic E-state index is 12.5. The first-order valence-electron chi connectivity index (χ1n) is 8.52. The van der Waals surface area contributed by atoms with E-state index in [0.29, 0.717) is 12.8 Å². The van der Waals surface area contributed by atoms with E-state index in [1.165, 1.54) is 0 Å². The van der Waals surface area contributed by atoms with Crippen molar-refractivity contribution in [3.05, 3.63) is 35.9 Å². The minimum Gasteiger partial charge on any atom is -0.350 e. The fraction of sp³-hybridized carbons (Fsp3) is 0.556. The molecule has 1 aliphatic heterocycles. The molecule has 0 aliphatic carbocycles. The molecule has 0 spiro atoms. The van der Waals surface area contributed by atoms with Gasteiger partial charge in [0.05, 0.1) is 6.42 Å². The van der Waals surface area contributed by atoms with Crippen molar-refractivity contribution in [2.45, 2.75) is 37.8 Å². The molecule has 1 aliphatic rings. The Morgan fingerprint density at radius 3 is 2.72 bits per heavy atom. The van der Waals surface area contributed by atoms with Crippen molar-refractivity contribution in [2.24, 2.45) is 0 Å². The standard InChI is InChI=1S/C18H27N3O2S.ClH/c1-24-11-9-16(18(23)20-15-8-5-10-19-13-15)21-17(22)12-14-6-3-2-4-7-14;/h2-4,6-7,15-16,19H,5,8-13H2,1H3,(H,20,23)(H,21,22);1H. The number of hydrogen-bond donors (Lipinski definition) is 3. The Morgan fingerprint density at radius 1 is 1.32 bits per heavy atom. The normalized spacial score (nSPS) is 17.9. The molecule has 2 atom stereocenters. The van der Waals surface area contributed by atoms with Crippen LogP contribution in [0.3, 0.4) is 0 Å². The molecule has 3 N–H and O–H groups in total. The van der Waals surface area contributed by atoms with Gasteiger partial charge >= 0.3 is 0 Å². The maximum atomic E-state index is 12.5. The molecule has 1 aromatic rings. The molecule has 0 bridgehead atoms. The lowest BCUT2D eigenvalue weighted by Gasteiger charge is -2.26. The molecule has 25 heavy (non-hydrogen) atoms. The summed E-state index contributed by atoms with van der Waals surface area (Å²) < 4.78 is 0. The van der Waals surface area contributed by atoms with Crippen LogP contribution >= 0.6 is 24.2 Å². The average Bonchev–Trinajstić information content (AvgIpc) is 2.60. The van der Waals surface area contributed by atoms with Crippen molar-refractivity contribution in [3.63, 3.8) is 0 Å². The van der Waals surface area contributed by atoms with Crippen LogP contribution in [-0.2, 0) is 16.0 Å². The summed E-state index contributed by atoms with van der Waals surface area (Å²) in [5, 5.41) is 9.27. The Labute approximate surface area is 160 Å². The van der Waals surface area contributed by atoms with E-state index >= 15 is 0 Å². The van der Waals surface area contributed by atoms with Gasteiger partial charge in [-0.3, -0.25) is 9.59 Å². The number of thioether (sulfide) groups is 1. The lowest BCUT2D eigenvalue weighted by atomic mass is 10.1. The Hall–Kier alpha value is -1.24. The number of nitrogens with one attached hydrogen (secondary N) is 3. The van der Waals surface area contributed by atoms with Gasteiger partial charge < -0.3 is 16.0 Å². The fourth-order valence-electron chi connectivity index (χ4n) is 2.81. The van der Waals surface area contributed by atoms with Gasteiger partial charge in [0, 0.05) is 12.6 Å². The lowest BCUT2D eigenvalue weighted by molar-refractivity contribution is -0.129. The molecule has 2 unspecified atom stereocenters. The number of benzene rings is 1. The fourth-order valence-corrected chi connectivity index (χ4v) is 3.28. The molecule has 1 heterocycles. The van der Waals surface area contributed by atoms with Crippen LogP contribution in [0, 0.1) is 0 Å². The molecule has 5 nitrogen and oxygen atoms in total. The smallest absolute Gasteiger partial charge is 0.242 e. The number of hydrogen-bond acceptors (Lipinski definition) is 4. The monoisotopic (exact) mass is 385 g/mol. The third-order valence-corrected chi connectivity index (χ3v) is 4.76. The highest BCUT2D eigenvalue weighted by Gasteiger charge is 2.23. The molecular weight excluding hydrogens is 358 g/mol. The van der Waals surface area contributed by atoms with E-state index in [0.717, 1.165) is 37.2 Å². The molecule has 0 aromatic heterocycles. The minimum absolute atomic E-state index is 0. The van der Waals surface area contributed by atoms with Crippen molar-refractivity contribution in [2.75, 3.05) is 25.1 Å². The van der Waals surface area contributed by atoms with Gasteiger partial charge in [-0.15, -0.1) is 12.4 Å². The van der Waals surface area contributed by atoms with Crippen LogP contribution in [0.1, 0.15) is 24.8 Å². The van der Waals surface area contributed by atoms with Crippen molar-refractivity contribution in [1.29, 1.82) is 0 Å². The van der Waals surface area contributed by atoms with Crippen LogP contribution in [0.25, 0.3) is 0 Å². The number of carbonyl (C=O) groups excluding carboxylic acids is 2. The Bertz CT molecular complexity index is 524. The molecule has 140 valence electrons. The zero-order chi connectivity index (χ0) is 17.2. The third-order valence-electron chi connectivity index (χ3n) is 4.11. The summed E-state index contributed by atoms with van der Waals surface area (Å²) in [5.41, 5.74) is 0.954. The van der Waals surface area contributed by atoms with Crippen molar-refractivity contribution >= 4 is 36.0 Å². The second-order valence-corrected chi connectivity index (χ2v) is 7.10. The lowest BCUT2D eigenvalue weighted by Crippen LogP contribution is -2.53. The van der Waals surface area contributed by atoms with E-state index in [4.69, 9.17) is 0 Å². The second kappa shape index (κ2) is 12.2. The summed E-state index contributed by atoms with van der Waals surface area (Å²) >= 11 is 1.68. The Balaban J connectivity index is 0.00000312. The quantitative estimate of drug-likeness (QED) is 0.637. The SMILES string of the molecule is CSCCC(NC(=O)Cc1ccccc1)C(=O)NC1CCCNC1.Cl. The maximum Gasteiger partial charge on any atom is 0.242 e. The first-order valence-corrected chi connectivity index (χ1v) is 9.91. The van der Waals surface area contributed by atoms with Crippen LogP contribution < -0.4 is 16.0 Å². The number of halogens is 1. The molecule has 1 saturated heterocycles. The molecule has 7 heteroatoms. The van der Waals surface area contributed by atoms with Crippen LogP contribution in [0.4, 0.5) is 0 Å². The zero-order valence-corrected chi connectivity index (χ0v) is 16.3. The molecule has 1 fully saturated rings. The van der Waals surface area contributed by atoms with Gasteiger partial charge in [-0.25, -0.2) is 0 Å². The predicted molar refractivity (Wildman–Crippen MR) is 106 cm³/mol. The number of rotatable bonds is 8. The van der Waals surface area contributed by atoms with Gasteiger partial charge in [-0.05, 0) is 43.4 Å². The highest BCUT2D eigenvalue weighted by atomic mass is 35.5. The summed E-state index contributed by atoms with van der Waals surface area (Å²) in [5.74, 6) is 0.662. The highest BCUT2D eigenvalue weighted by molar-refractivity contribution is 7.98. The van der Waals surface area contributed by atoms with E-state index in [2.05, 4.69) is 16.0 Å². The topological polar surface area (TPSA) is 70.2 Å². The van der Waals surface area contributed by atoms with E-state index in [1.807, 2.05) is 36.6 Å². The Morgan fingerprint density at radius 2 is 2.08 bits per heavy atom. The van der Waals surface area contributed by atoms with E-state index in [1.54, 1.807) is 11.8 Å². The van der Waals surface area contributed by atoms with Crippen LogP contribution in [0.15, 0.2) is 30.3 Å². The third kappa shape index (κ3) is 8.12. The second-order valence-electron chi connectivity index (χ2n) is 6.12. The first-order chi connectivity index (χ1) is 11.7. The molecule has 2 rings (SSSR count). The largest absolute Gasteiger partial charge is 0.350 e. The van der Waals surface area contributed by atoms with Gasteiger partial charge in [-0.2, -0.15) is 11.8 Å². The minimum atomic E-state index is -0.462. The summed E-state index contributed by atoms with van der Waals surface area (Å²) in [6, 6.07) is 9.29. The molecule has 1 aromatic carbocycles. The van der Waals surface area contributed by atoms with Crippen molar-refractivity contribution in [3.8, 4) is 0 Å².